The summed E-state index contributed by atoms with van der Waals surface area (Å²) in [6.07, 6.45) is 4.70. The number of carbonyl (C=O) groups excluding carboxylic acids is 1. The molecule has 0 saturated carbocycles. The van der Waals surface area contributed by atoms with Crippen LogP contribution in [0.4, 0.5) is 4.39 Å². The Kier molecular flexibility index (Phi) is 4.72. The number of carbonyl (C=O) groups is 1. The molecule has 1 N–H and O–H groups in total. The third-order valence-corrected chi connectivity index (χ3v) is 5.43. The van der Waals surface area contributed by atoms with Crippen LogP contribution in [0.3, 0.4) is 0 Å². The van der Waals surface area contributed by atoms with E-state index in [-0.39, 0.29) is 11.7 Å². The van der Waals surface area contributed by atoms with Crippen LogP contribution in [-0.4, -0.2) is 66.1 Å². The predicted molar refractivity (Wildman–Crippen MR) is 94.2 cm³/mol. The zero-order valence-corrected chi connectivity index (χ0v) is 14.3. The molecule has 2 aliphatic rings. The first-order valence-electron chi connectivity index (χ1n) is 9.11. The number of amides is 1. The van der Waals surface area contributed by atoms with Gasteiger partial charge in [0.15, 0.2) is 0 Å². The molecule has 0 radical (unpaired) electrons. The molecule has 1 aromatic carbocycles. The van der Waals surface area contributed by atoms with E-state index >= 15 is 0 Å². The van der Waals surface area contributed by atoms with Gasteiger partial charge in [-0.25, -0.2) is 4.39 Å². The van der Waals surface area contributed by atoms with Gasteiger partial charge in [0.2, 0.25) is 0 Å². The zero-order valence-electron chi connectivity index (χ0n) is 14.3. The number of hydrogen-bond donors (Lipinski definition) is 1. The van der Waals surface area contributed by atoms with Gasteiger partial charge in [-0.3, -0.25) is 9.69 Å². The first-order chi connectivity index (χ1) is 12.2. The minimum atomic E-state index is -0.344. The lowest BCUT2D eigenvalue weighted by atomic mass is 10.1. The Hall–Kier alpha value is -1.92. The number of nitrogens with one attached hydrogen (secondary N) is 1. The Morgan fingerprint density at radius 2 is 2.00 bits per heavy atom. The number of halogens is 1. The summed E-state index contributed by atoms with van der Waals surface area (Å²) in [6.45, 7) is 5.02. The molecule has 5 nitrogen and oxygen atoms in total. The van der Waals surface area contributed by atoms with Crippen LogP contribution in [0.2, 0.25) is 0 Å². The van der Waals surface area contributed by atoms with Gasteiger partial charge in [-0.1, -0.05) is 6.07 Å². The summed E-state index contributed by atoms with van der Waals surface area (Å²) in [6, 6.07) is 5.37. The quantitative estimate of drug-likeness (QED) is 0.910. The maximum absolute atomic E-state index is 14.2. The molecule has 0 bridgehead atoms. The fourth-order valence-electron chi connectivity index (χ4n) is 4.07. The lowest BCUT2D eigenvalue weighted by molar-refractivity contribution is 0.0135. The minimum Gasteiger partial charge on any atom is -0.379 e. The number of rotatable bonds is 2. The van der Waals surface area contributed by atoms with Crippen molar-refractivity contribution in [3.8, 4) is 0 Å². The van der Waals surface area contributed by atoms with Gasteiger partial charge in [0.25, 0.3) is 5.91 Å². The van der Waals surface area contributed by atoms with Crippen molar-refractivity contribution in [1.82, 2.24) is 14.8 Å². The van der Waals surface area contributed by atoms with Crippen molar-refractivity contribution >= 4 is 16.8 Å². The molecule has 134 valence electrons. The predicted octanol–water partition coefficient (Wildman–Crippen LogP) is 2.63. The molecular formula is C19H24FN3O2. The van der Waals surface area contributed by atoms with Crippen LogP contribution in [-0.2, 0) is 4.74 Å². The minimum absolute atomic E-state index is 0.0704. The number of ether oxygens (including phenoxy) is 1. The van der Waals surface area contributed by atoms with Gasteiger partial charge in [-0.15, -0.1) is 0 Å². The first-order valence-corrected chi connectivity index (χ1v) is 9.11. The Labute approximate surface area is 146 Å². The van der Waals surface area contributed by atoms with E-state index in [4.69, 9.17) is 4.74 Å². The number of aromatic amines is 1. The van der Waals surface area contributed by atoms with E-state index in [0.29, 0.717) is 22.5 Å². The standard InChI is InChI=1S/C19H24FN3O2/c20-16-4-1-5-17-18(16)15(13-21-17)19(24)23-7-2-3-14(6-8-23)22-9-11-25-12-10-22/h1,4-5,13-14,21H,2-3,6-12H2. The number of benzene rings is 1. The first kappa shape index (κ1) is 16.5. The van der Waals surface area contributed by atoms with E-state index in [1.807, 2.05) is 4.90 Å². The van der Waals surface area contributed by atoms with Crippen LogP contribution in [0.1, 0.15) is 29.6 Å². The number of nitrogens with zero attached hydrogens (tertiary/aromatic N) is 2. The van der Waals surface area contributed by atoms with Gasteiger partial charge >= 0.3 is 0 Å². The molecule has 1 amide bonds. The lowest BCUT2D eigenvalue weighted by Gasteiger charge is -2.34. The molecule has 0 aliphatic carbocycles. The summed E-state index contributed by atoms with van der Waals surface area (Å²) in [5.41, 5.74) is 1.11. The monoisotopic (exact) mass is 345 g/mol. The van der Waals surface area contributed by atoms with Crippen LogP contribution in [0.15, 0.2) is 24.4 Å². The number of hydrogen-bond acceptors (Lipinski definition) is 3. The molecule has 1 unspecified atom stereocenters. The van der Waals surface area contributed by atoms with Gasteiger partial charge < -0.3 is 14.6 Å². The van der Waals surface area contributed by atoms with Crippen molar-refractivity contribution in [3.05, 3.63) is 35.8 Å². The van der Waals surface area contributed by atoms with Crippen LogP contribution >= 0.6 is 0 Å². The Bertz CT molecular complexity index is 754. The average molecular weight is 345 g/mol. The van der Waals surface area contributed by atoms with Crippen LogP contribution in [0.5, 0.6) is 0 Å². The van der Waals surface area contributed by atoms with Gasteiger partial charge in [0.05, 0.1) is 18.8 Å². The van der Waals surface area contributed by atoms with Gasteiger partial charge in [-0.2, -0.15) is 0 Å². The molecule has 2 saturated heterocycles. The Balaban J connectivity index is 1.49. The maximum Gasteiger partial charge on any atom is 0.256 e. The summed E-state index contributed by atoms with van der Waals surface area (Å²) in [7, 11) is 0. The zero-order chi connectivity index (χ0) is 17.2. The molecular weight excluding hydrogens is 321 g/mol. The topological polar surface area (TPSA) is 48.6 Å². The highest BCUT2D eigenvalue weighted by Crippen LogP contribution is 2.25. The van der Waals surface area contributed by atoms with Gasteiger partial charge in [0, 0.05) is 49.3 Å². The van der Waals surface area contributed by atoms with Crippen LogP contribution < -0.4 is 0 Å². The molecule has 4 rings (SSSR count). The lowest BCUT2D eigenvalue weighted by Crippen LogP contribution is -2.44. The second-order valence-electron chi connectivity index (χ2n) is 6.89. The van der Waals surface area contributed by atoms with E-state index in [9.17, 15) is 9.18 Å². The van der Waals surface area contributed by atoms with Crippen LogP contribution in [0.25, 0.3) is 10.9 Å². The summed E-state index contributed by atoms with van der Waals surface area (Å²) < 4.78 is 19.6. The maximum atomic E-state index is 14.2. The van der Waals surface area contributed by atoms with E-state index in [1.54, 1.807) is 18.3 Å². The van der Waals surface area contributed by atoms with E-state index < -0.39 is 0 Å². The largest absolute Gasteiger partial charge is 0.379 e. The second kappa shape index (κ2) is 7.14. The van der Waals surface area contributed by atoms with Crippen molar-refractivity contribution in [2.75, 3.05) is 39.4 Å². The third-order valence-electron chi connectivity index (χ3n) is 5.43. The van der Waals surface area contributed by atoms with Gasteiger partial charge in [0.1, 0.15) is 5.82 Å². The normalized spacial score (nSPS) is 22.9. The molecule has 0 spiro atoms. The number of morpholine rings is 1. The van der Waals surface area contributed by atoms with Crippen molar-refractivity contribution in [1.29, 1.82) is 0 Å². The molecule has 2 aromatic rings. The van der Waals surface area contributed by atoms with E-state index in [1.165, 1.54) is 6.07 Å². The molecule has 6 heteroatoms. The molecule has 25 heavy (non-hydrogen) atoms. The summed E-state index contributed by atoms with van der Waals surface area (Å²) in [4.78, 5) is 20.4. The highest BCUT2D eigenvalue weighted by molar-refractivity contribution is 6.06. The summed E-state index contributed by atoms with van der Waals surface area (Å²) in [5, 5.41) is 0.404. The molecule has 1 atom stereocenters. The fraction of sp³-hybridized carbons (Fsp3) is 0.526. The number of aromatic nitrogens is 1. The third kappa shape index (κ3) is 3.28. The summed E-state index contributed by atoms with van der Waals surface area (Å²) in [5.74, 6) is -0.415. The van der Waals surface area contributed by atoms with Crippen molar-refractivity contribution in [2.45, 2.75) is 25.3 Å². The molecule has 3 heterocycles. The second-order valence-corrected chi connectivity index (χ2v) is 6.89. The number of fused-ring (bicyclic) bond motifs is 1. The molecule has 2 fully saturated rings. The van der Waals surface area contributed by atoms with E-state index in [2.05, 4.69) is 9.88 Å². The van der Waals surface area contributed by atoms with Crippen molar-refractivity contribution < 1.29 is 13.9 Å². The fourth-order valence-corrected chi connectivity index (χ4v) is 4.07. The number of likely N-dealkylation sites (tertiary alicyclic amines) is 1. The average Bonchev–Trinajstić information content (AvgIpc) is 2.93. The summed E-state index contributed by atoms with van der Waals surface area (Å²) >= 11 is 0. The van der Waals surface area contributed by atoms with Crippen molar-refractivity contribution in [2.24, 2.45) is 0 Å². The molecule has 2 aliphatic heterocycles. The smallest absolute Gasteiger partial charge is 0.256 e. The van der Waals surface area contributed by atoms with E-state index in [0.717, 1.165) is 58.7 Å². The highest BCUT2D eigenvalue weighted by Gasteiger charge is 2.27. The molecule has 1 aromatic heterocycles. The highest BCUT2D eigenvalue weighted by atomic mass is 19.1. The van der Waals surface area contributed by atoms with Crippen molar-refractivity contribution in [3.63, 3.8) is 0 Å². The van der Waals surface area contributed by atoms with Gasteiger partial charge in [-0.05, 0) is 31.4 Å². The van der Waals surface area contributed by atoms with Crippen LogP contribution in [0, 0.1) is 5.82 Å². The SMILES string of the molecule is O=C(c1c[nH]c2cccc(F)c12)N1CCCC(N2CCOCC2)CC1. The Morgan fingerprint density at radius 1 is 1.16 bits per heavy atom. The Morgan fingerprint density at radius 3 is 2.84 bits per heavy atom. The number of H-pyrrole nitrogens is 1.